The van der Waals surface area contributed by atoms with Crippen LogP contribution in [0.4, 0.5) is 36.3 Å². The number of hydrogen-bond donors (Lipinski definition) is 2. The van der Waals surface area contributed by atoms with E-state index < -0.39 is 6.36 Å². The zero-order valence-corrected chi connectivity index (χ0v) is 16.7. The van der Waals surface area contributed by atoms with Crippen LogP contribution in [0, 0.1) is 0 Å². The second-order valence-electron chi connectivity index (χ2n) is 6.12. The number of para-hydroxylation sites is 1. The molecule has 0 aliphatic heterocycles. The van der Waals surface area contributed by atoms with Gasteiger partial charge in [-0.05, 0) is 52.3 Å². The lowest BCUT2D eigenvalue weighted by Crippen LogP contribution is -2.17. The maximum absolute atomic E-state index is 12.3. The highest BCUT2D eigenvalue weighted by Gasteiger charge is 2.31. The van der Waals surface area contributed by atoms with Crippen molar-refractivity contribution in [3.63, 3.8) is 0 Å². The van der Waals surface area contributed by atoms with Gasteiger partial charge in [0.1, 0.15) is 11.6 Å². The van der Waals surface area contributed by atoms with Crippen LogP contribution in [0.1, 0.15) is 0 Å². The van der Waals surface area contributed by atoms with E-state index in [0.717, 1.165) is 16.6 Å². The molecule has 0 spiro atoms. The minimum Gasteiger partial charge on any atom is -0.406 e. The minimum absolute atomic E-state index is 0.263. The van der Waals surface area contributed by atoms with Crippen molar-refractivity contribution in [1.29, 1.82) is 0 Å². The quantitative estimate of drug-likeness (QED) is 0.359. The number of aromatic nitrogens is 3. The first-order valence-corrected chi connectivity index (χ1v) is 9.42. The van der Waals surface area contributed by atoms with Crippen LogP contribution in [0.25, 0.3) is 10.9 Å². The highest BCUT2D eigenvalue weighted by atomic mass is 79.9. The molecule has 0 saturated heterocycles. The fourth-order valence-electron chi connectivity index (χ4n) is 2.69. The zero-order valence-electron chi connectivity index (χ0n) is 15.1. The lowest BCUT2D eigenvalue weighted by molar-refractivity contribution is -0.274. The Morgan fingerprint density at radius 3 is 2.57 bits per heavy atom. The highest BCUT2D eigenvalue weighted by Crippen LogP contribution is 2.32. The number of benzene rings is 2. The summed E-state index contributed by atoms with van der Waals surface area (Å²) in [6.07, 6.45) is -1.50. The molecule has 2 heterocycles. The molecule has 0 aliphatic rings. The summed E-state index contributed by atoms with van der Waals surface area (Å²) in [4.78, 5) is 12.9. The summed E-state index contributed by atoms with van der Waals surface area (Å²) in [7, 11) is 0. The second kappa shape index (κ2) is 8.15. The molecule has 0 fully saturated rings. The van der Waals surface area contributed by atoms with Crippen LogP contribution in [0.3, 0.4) is 0 Å². The third-order valence-electron chi connectivity index (χ3n) is 3.94. The normalized spacial score (nSPS) is 11.3. The molecule has 2 aromatic heterocycles. The molecule has 0 amide bonds. The van der Waals surface area contributed by atoms with Crippen molar-refractivity contribution in [2.75, 3.05) is 10.6 Å². The summed E-state index contributed by atoms with van der Waals surface area (Å²) < 4.78 is 41.3. The number of rotatable bonds is 5. The first-order chi connectivity index (χ1) is 14.4. The fourth-order valence-corrected chi connectivity index (χ4v) is 3.15. The number of nitrogens with zero attached hydrogens (tertiary/aromatic N) is 3. The molecule has 10 heteroatoms. The fraction of sp³-hybridized carbons (Fsp3) is 0.0500. The van der Waals surface area contributed by atoms with Crippen molar-refractivity contribution in [3.05, 3.63) is 71.5 Å². The van der Waals surface area contributed by atoms with Crippen LogP contribution in [0.15, 0.2) is 71.5 Å². The summed E-state index contributed by atoms with van der Waals surface area (Å²) in [5.41, 5.74) is 2.12. The maximum atomic E-state index is 12.3. The third kappa shape index (κ3) is 4.95. The molecule has 0 unspecified atom stereocenters. The van der Waals surface area contributed by atoms with E-state index in [9.17, 15) is 13.2 Å². The van der Waals surface area contributed by atoms with Gasteiger partial charge in [-0.15, -0.1) is 13.2 Å². The second-order valence-corrected chi connectivity index (χ2v) is 6.98. The van der Waals surface area contributed by atoms with Crippen molar-refractivity contribution in [1.82, 2.24) is 15.0 Å². The van der Waals surface area contributed by atoms with E-state index in [1.165, 1.54) is 18.2 Å². The van der Waals surface area contributed by atoms with Gasteiger partial charge in [-0.2, -0.15) is 4.98 Å². The Hall–Kier alpha value is -3.40. The van der Waals surface area contributed by atoms with Gasteiger partial charge in [-0.1, -0.05) is 18.2 Å². The van der Waals surface area contributed by atoms with Crippen LogP contribution in [-0.2, 0) is 0 Å². The Labute approximate surface area is 177 Å². The highest BCUT2D eigenvalue weighted by molar-refractivity contribution is 9.10. The van der Waals surface area contributed by atoms with E-state index in [1.54, 1.807) is 18.5 Å². The van der Waals surface area contributed by atoms with Crippen LogP contribution in [0.5, 0.6) is 5.75 Å². The summed E-state index contributed by atoms with van der Waals surface area (Å²) in [6, 6.07) is 15.2. The maximum Gasteiger partial charge on any atom is 0.573 e. The van der Waals surface area contributed by atoms with Crippen molar-refractivity contribution >= 4 is 50.0 Å². The number of nitrogens with one attached hydrogen (secondary N) is 2. The molecule has 0 radical (unpaired) electrons. The molecule has 4 aromatic rings. The van der Waals surface area contributed by atoms with E-state index in [1.807, 2.05) is 30.3 Å². The minimum atomic E-state index is -4.75. The number of halogens is 4. The van der Waals surface area contributed by atoms with Gasteiger partial charge >= 0.3 is 6.36 Å². The molecular weight excluding hydrogens is 463 g/mol. The van der Waals surface area contributed by atoms with Crippen LogP contribution < -0.4 is 15.4 Å². The van der Waals surface area contributed by atoms with Gasteiger partial charge in [-0.25, -0.2) is 4.98 Å². The smallest absolute Gasteiger partial charge is 0.406 e. The Morgan fingerprint density at radius 2 is 1.77 bits per heavy atom. The summed E-state index contributed by atoms with van der Waals surface area (Å²) in [6.45, 7) is 0. The van der Waals surface area contributed by atoms with E-state index in [0.29, 0.717) is 16.0 Å². The molecule has 0 aliphatic carbocycles. The Bertz CT molecular complexity index is 1200. The molecule has 152 valence electrons. The van der Waals surface area contributed by atoms with Gasteiger partial charge in [0.05, 0.1) is 23.1 Å². The van der Waals surface area contributed by atoms with Gasteiger partial charge < -0.3 is 15.4 Å². The zero-order chi connectivity index (χ0) is 21.1. The average molecular weight is 476 g/mol. The SMILES string of the molecule is FC(F)(F)Oc1ccc(Nc2nccc(Nc3cnc4ccccc4c3)n2)c(Br)c1. The molecule has 2 aromatic carbocycles. The molecule has 2 N–H and O–H groups in total. The van der Waals surface area contributed by atoms with Gasteiger partial charge in [-0.3, -0.25) is 4.98 Å². The summed E-state index contributed by atoms with van der Waals surface area (Å²) >= 11 is 3.22. The van der Waals surface area contributed by atoms with Crippen LogP contribution >= 0.6 is 15.9 Å². The van der Waals surface area contributed by atoms with Gasteiger partial charge in [0, 0.05) is 16.1 Å². The monoisotopic (exact) mass is 475 g/mol. The number of alkyl halides is 3. The lowest BCUT2D eigenvalue weighted by atomic mass is 10.2. The Morgan fingerprint density at radius 1 is 0.933 bits per heavy atom. The average Bonchev–Trinajstić information content (AvgIpc) is 2.69. The first-order valence-electron chi connectivity index (χ1n) is 8.63. The van der Waals surface area contributed by atoms with Crippen molar-refractivity contribution in [2.24, 2.45) is 0 Å². The molecule has 0 bridgehead atoms. The standard InChI is InChI=1S/C20H13BrF3N5O/c21-15-10-14(30-20(22,23)24)5-6-17(15)28-19-25-8-7-18(29-19)27-13-9-12-3-1-2-4-16(12)26-11-13/h1-11H,(H2,25,27,28,29). The van der Waals surface area contributed by atoms with Gasteiger partial charge in [0.25, 0.3) is 0 Å². The molecule has 0 atom stereocenters. The largest absolute Gasteiger partial charge is 0.573 e. The van der Waals surface area contributed by atoms with E-state index >= 15 is 0 Å². The predicted octanol–water partition coefficient (Wildman–Crippen LogP) is 6.17. The lowest BCUT2D eigenvalue weighted by Gasteiger charge is -2.12. The van der Waals surface area contributed by atoms with Gasteiger partial charge in [0.15, 0.2) is 0 Å². The molecule has 4 rings (SSSR count). The molecule has 0 saturated carbocycles. The molecule has 30 heavy (non-hydrogen) atoms. The summed E-state index contributed by atoms with van der Waals surface area (Å²) in [5.74, 6) is 0.455. The van der Waals surface area contributed by atoms with Crippen molar-refractivity contribution < 1.29 is 17.9 Å². The first kappa shape index (κ1) is 19.9. The number of fused-ring (bicyclic) bond motifs is 1. The van der Waals surface area contributed by atoms with Gasteiger partial charge in [0.2, 0.25) is 5.95 Å². The van der Waals surface area contributed by atoms with Crippen molar-refractivity contribution in [3.8, 4) is 5.75 Å². The molecular formula is C20H13BrF3N5O. The number of anilines is 4. The van der Waals surface area contributed by atoms with E-state index in [4.69, 9.17) is 0 Å². The van der Waals surface area contributed by atoms with Crippen LogP contribution in [0.2, 0.25) is 0 Å². The topological polar surface area (TPSA) is 72.0 Å². The van der Waals surface area contributed by atoms with Crippen molar-refractivity contribution in [2.45, 2.75) is 6.36 Å². The number of hydrogen-bond acceptors (Lipinski definition) is 6. The predicted molar refractivity (Wildman–Crippen MR) is 111 cm³/mol. The van der Waals surface area contributed by atoms with E-state index in [2.05, 4.69) is 46.3 Å². The number of ether oxygens (including phenoxy) is 1. The Kier molecular flexibility index (Phi) is 5.40. The molecule has 6 nitrogen and oxygen atoms in total. The Balaban J connectivity index is 1.50. The van der Waals surface area contributed by atoms with E-state index in [-0.39, 0.29) is 11.7 Å². The number of pyridine rings is 1. The van der Waals surface area contributed by atoms with Crippen LogP contribution in [-0.4, -0.2) is 21.3 Å². The third-order valence-corrected chi connectivity index (χ3v) is 4.60. The summed E-state index contributed by atoms with van der Waals surface area (Å²) in [5, 5.41) is 7.10.